The van der Waals surface area contributed by atoms with Gasteiger partial charge in [-0.2, -0.15) is 0 Å². The summed E-state index contributed by atoms with van der Waals surface area (Å²) in [6, 6.07) is 7.70. The van der Waals surface area contributed by atoms with Crippen LogP contribution < -0.4 is 0 Å². The van der Waals surface area contributed by atoms with E-state index in [0.717, 1.165) is 0 Å². The maximum atomic E-state index is 13.3. The van der Waals surface area contributed by atoms with E-state index in [-0.39, 0.29) is 5.56 Å². The van der Waals surface area contributed by atoms with Gasteiger partial charge in [0.1, 0.15) is 0 Å². The molecule has 0 bridgehead atoms. The molecule has 1 heterocycles. The molecule has 0 saturated carbocycles. The van der Waals surface area contributed by atoms with E-state index in [9.17, 15) is 13.2 Å². The Morgan fingerprint density at radius 1 is 1.00 bits per heavy atom. The number of hydrogen-bond donors (Lipinski definition) is 0. The zero-order valence-corrected chi connectivity index (χ0v) is 8.26. The Labute approximate surface area is 77.9 Å². The molecule has 64 valence electrons. The molecule has 4 heteroatoms. The van der Waals surface area contributed by atoms with Gasteiger partial charge < -0.3 is 0 Å². The molecule has 12 heavy (non-hydrogen) atoms. The predicted molar refractivity (Wildman–Crippen MR) is 39.9 cm³/mol. The van der Waals surface area contributed by atoms with E-state index < -0.39 is 28.6 Å². The third-order valence-electron chi connectivity index (χ3n) is 1.75. The number of alkyl halides is 3. The van der Waals surface area contributed by atoms with Crippen molar-refractivity contribution in [2.75, 3.05) is 0 Å². The fraction of sp³-hybridized carbons (Fsp3) is 0.250. The molecule has 1 aromatic rings. The summed E-state index contributed by atoms with van der Waals surface area (Å²) in [5.74, 6) is 0. The van der Waals surface area contributed by atoms with Crippen LogP contribution in [0.4, 0.5) is 13.2 Å². The third-order valence-corrected chi connectivity index (χ3v) is 4.91. The Balaban J connectivity index is 2.35. The van der Waals surface area contributed by atoms with Crippen molar-refractivity contribution in [1.82, 2.24) is 0 Å². The first-order chi connectivity index (χ1) is 5.56. The van der Waals surface area contributed by atoms with Gasteiger partial charge in [0, 0.05) is 0 Å². The van der Waals surface area contributed by atoms with Gasteiger partial charge in [0.15, 0.2) is 0 Å². The molecule has 1 fully saturated rings. The van der Waals surface area contributed by atoms with Crippen molar-refractivity contribution in [2.45, 2.75) is 7.69 Å². The van der Waals surface area contributed by atoms with Crippen LogP contribution in [0.3, 0.4) is 0 Å². The van der Waals surface area contributed by atoms with Crippen LogP contribution in [-0.2, 0) is 3.72 Å². The van der Waals surface area contributed by atoms with Crippen LogP contribution in [0.5, 0.6) is 0 Å². The van der Waals surface area contributed by atoms with Gasteiger partial charge in [-0.25, -0.2) is 0 Å². The van der Waals surface area contributed by atoms with Gasteiger partial charge in [-0.1, -0.05) is 0 Å². The summed E-state index contributed by atoms with van der Waals surface area (Å²) < 4.78 is 33.1. The molecule has 0 amide bonds. The van der Waals surface area contributed by atoms with Gasteiger partial charge in [-0.05, 0) is 0 Å². The summed E-state index contributed by atoms with van der Waals surface area (Å²) in [7, 11) is 0. The third kappa shape index (κ3) is 1.06. The van der Waals surface area contributed by atoms with E-state index in [1.165, 1.54) is 12.1 Å². The second kappa shape index (κ2) is 2.40. The predicted octanol–water partition coefficient (Wildman–Crippen LogP) is 2.12. The van der Waals surface area contributed by atoms with Crippen molar-refractivity contribution in [2.24, 2.45) is 0 Å². The molecule has 0 aromatic heterocycles. The summed E-state index contributed by atoms with van der Waals surface area (Å²) in [5.41, 5.74) is 0.136. The van der Waals surface area contributed by atoms with E-state index >= 15 is 0 Å². The van der Waals surface area contributed by atoms with Gasteiger partial charge in [-0.3, -0.25) is 0 Å². The van der Waals surface area contributed by atoms with Crippen molar-refractivity contribution in [1.29, 1.82) is 0 Å². The van der Waals surface area contributed by atoms with E-state index in [2.05, 4.69) is 0 Å². The number of halogens is 3. The van der Waals surface area contributed by atoms with E-state index in [4.69, 9.17) is 0 Å². The molecule has 1 aliphatic rings. The summed E-state index contributed by atoms with van der Waals surface area (Å²) in [6.07, 6.45) is 0. The molecule has 0 radical (unpaired) electrons. The normalized spacial score (nSPS) is 31.6. The number of benzene rings is 1. The Kier molecular flexibility index (Phi) is 1.68. The van der Waals surface area contributed by atoms with Crippen molar-refractivity contribution in [3.05, 3.63) is 35.9 Å². The van der Waals surface area contributed by atoms with E-state index in [0.29, 0.717) is 0 Å². The van der Waals surface area contributed by atoms with Crippen LogP contribution in [0.25, 0.3) is 0 Å². The second-order valence-corrected chi connectivity index (χ2v) is 6.23. The van der Waals surface area contributed by atoms with Gasteiger partial charge in [0.2, 0.25) is 0 Å². The van der Waals surface area contributed by atoms with Gasteiger partial charge in [-0.15, -0.1) is 0 Å². The van der Waals surface area contributed by atoms with E-state index in [1.54, 1.807) is 18.2 Å². The SMILES string of the molecule is FC1(F)[Te]C1(F)c1ccccc1. The first-order valence-electron chi connectivity index (χ1n) is 3.39. The van der Waals surface area contributed by atoms with Gasteiger partial charge in [0.05, 0.1) is 0 Å². The summed E-state index contributed by atoms with van der Waals surface area (Å²) in [5, 5.41) is 0. The zero-order valence-electron chi connectivity index (χ0n) is 5.93. The Bertz CT molecular complexity index is 298. The summed E-state index contributed by atoms with van der Waals surface area (Å²) >= 11 is -1.81. The average Bonchev–Trinajstić information content (AvgIpc) is 2.55. The minimum atomic E-state index is -3.03. The summed E-state index contributed by atoms with van der Waals surface area (Å²) in [6.45, 7) is 0. The molecule has 1 atom stereocenters. The first-order valence-corrected chi connectivity index (χ1v) is 5.72. The minimum absolute atomic E-state index is 0.136. The van der Waals surface area contributed by atoms with Crippen LogP contribution in [0.2, 0.25) is 0 Å². The molecule has 0 aliphatic carbocycles. The number of rotatable bonds is 1. The van der Waals surface area contributed by atoms with Crippen LogP contribution in [-0.4, -0.2) is 24.9 Å². The van der Waals surface area contributed by atoms with E-state index in [1.807, 2.05) is 0 Å². The second-order valence-electron chi connectivity index (χ2n) is 2.58. The zero-order chi connectivity index (χ0) is 8.82. The Morgan fingerprint density at radius 2 is 1.50 bits per heavy atom. The van der Waals surface area contributed by atoms with Crippen molar-refractivity contribution in [3.63, 3.8) is 0 Å². The fourth-order valence-corrected chi connectivity index (χ4v) is 2.95. The molecule has 0 N–H and O–H groups in total. The Hall–Kier alpha value is -0.200. The van der Waals surface area contributed by atoms with Crippen molar-refractivity contribution < 1.29 is 13.2 Å². The quantitative estimate of drug-likeness (QED) is 0.694. The van der Waals surface area contributed by atoms with Gasteiger partial charge >= 0.3 is 77.7 Å². The van der Waals surface area contributed by atoms with Crippen molar-refractivity contribution >= 4 is 20.9 Å². The van der Waals surface area contributed by atoms with Crippen LogP contribution >= 0.6 is 0 Å². The Morgan fingerprint density at radius 3 is 1.92 bits per heavy atom. The van der Waals surface area contributed by atoms with Crippen LogP contribution in [0.1, 0.15) is 5.56 Å². The molecule has 1 saturated heterocycles. The molecule has 0 nitrogen and oxygen atoms in total. The standard InChI is InChI=1S/C8H5F3Te/c9-7(8(10,11)12-7)6-4-2-1-3-5-6/h1-5H. The molecular weight excluding hydrogens is 281 g/mol. The van der Waals surface area contributed by atoms with Crippen molar-refractivity contribution in [3.8, 4) is 0 Å². The molecule has 1 aliphatic heterocycles. The molecular formula is C8H5F3Te. The molecule has 0 spiro atoms. The fourth-order valence-electron chi connectivity index (χ4n) is 1.03. The molecule has 1 unspecified atom stereocenters. The van der Waals surface area contributed by atoms with Gasteiger partial charge in [0.25, 0.3) is 0 Å². The average molecular weight is 286 g/mol. The molecule has 1 aromatic carbocycles. The first kappa shape index (κ1) is 8.40. The van der Waals surface area contributed by atoms with Crippen LogP contribution in [0.15, 0.2) is 30.3 Å². The van der Waals surface area contributed by atoms with Crippen LogP contribution in [0, 0.1) is 0 Å². The monoisotopic (exact) mass is 288 g/mol. The molecule has 2 rings (SSSR count). The topological polar surface area (TPSA) is 0 Å². The maximum absolute atomic E-state index is 13.3. The summed E-state index contributed by atoms with van der Waals surface area (Å²) in [4.78, 5) is 0. The number of hydrogen-bond acceptors (Lipinski definition) is 0.